The number of esters is 1. The average molecular weight is 566 g/mol. The summed E-state index contributed by atoms with van der Waals surface area (Å²) in [5, 5.41) is 23.0. The molecule has 10 nitrogen and oxygen atoms in total. The second kappa shape index (κ2) is 12.3. The molecule has 0 aliphatic carbocycles. The molecule has 0 bridgehead atoms. The minimum absolute atomic E-state index is 0.124. The summed E-state index contributed by atoms with van der Waals surface area (Å²) in [5.74, 6) is -0.457. The van der Waals surface area contributed by atoms with Gasteiger partial charge in [0, 0.05) is 17.8 Å². The fraction of sp³-hybridized carbons (Fsp3) is 0.115. The molecule has 1 amide bonds. The summed E-state index contributed by atoms with van der Waals surface area (Å²) in [6, 6.07) is 16.6. The molecule has 0 spiro atoms. The summed E-state index contributed by atoms with van der Waals surface area (Å²) in [6.45, 7) is 2.00. The molecule has 3 aromatic rings. The van der Waals surface area contributed by atoms with Crippen LogP contribution in [0.3, 0.4) is 0 Å². The standard InChI is InChI=1S/C26H20BrN3O7/c1-3-36-23-13-16(11-18(15-28)25(31)29-19-5-4-6-20(14-19)30(33)34)12-22(27)24(23)37-26(32)17-7-9-21(35-2)10-8-17/h4-14H,3H2,1-2H3,(H,29,31)/b18-11+. The summed E-state index contributed by atoms with van der Waals surface area (Å²) in [5.41, 5.74) is 0.403. The van der Waals surface area contributed by atoms with E-state index in [2.05, 4.69) is 21.2 Å². The zero-order valence-electron chi connectivity index (χ0n) is 19.7. The lowest BCUT2D eigenvalue weighted by atomic mass is 10.1. The SMILES string of the molecule is CCOc1cc(/C=C(\C#N)C(=O)Nc2cccc([N+](=O)[O-])c2)cc(Br)c1OC(=O)c1ccc(OC)cc1. The van der Waals surface area contributed by atoms with Crippen LogP contribution in [0.4, 0.5) is 11.4 Å². The number of hydrogen-bond donors (Lipinski definition) is 1. The van der Waals surface area contributed by atoms with Crippen molar-refractivity contribution >= 4 is 45.3 Å². The highest BCUT2D eigenvalue weighted by Crippen LogP contribution is 2.38. The number of nitrogens with zero attached hydrogens (tertiary/aromatic N) is 2. The molecule has 0 radical (unpaired) electrons. The van der Waals surface area contributed by atoms with Crippen LogP contribution >= 0.6 is 15.9 Å². The minimum Gasteiger partial charge on any atom is -0.497 e. The zero-order valence-corrected chi connectivity index (χ0v) is 21.3. The van der Waals surface area contributed by atoms with Gasteiger partial charge in [-0.1, -0.05) is 6.07 Å². The van der Waals surface area contributed by atoms with E-state index in [1.807, 2.05) is 6.07 Å². The van der Waals surface area contributed by atoms with E-state index < -0.39 is 16.8 Å². The third-order valence-corrected chi connectivity index (χ3v) is 5.43. The number of nitro groups is 1. The van der Waals surface area contributed by atoms with Crippen LogP contribution in [0.2, 0.25) is 0 Å². The molecule has 37 heavy (non-hydrogen) atoms. The number of benzene rings is 3. The van der Waals surface area contributed by atoms with Gasteiger partial charge in [0.2, 0.25) is 0 Å². The van der Waals surface area contributed by atoms with Crippen molar-refractivity contribution in [2.24, 2.45) is 0 Å². The number of nitrogens with one attached hydrogen (secondary N) is 1. The van der Waals surface area contributed by atoms with Gasteiger partial charge in [-0.25, -0.2) is 4.79 Å². The zero-order chi connectivity index (χ0) is 26.9. The topological polar surface area (TPSA) is 141 Å². The van der Waals surface area contributed by atoms with Gasteiger partial charge in [0.25, 0.3) is 11.6 Å². The number of methoxy groups -OCH3 is 1. The van der Waals surface area contributed by atoms with Crippen molar-refractivity contribution in [3.8, 4) is 23.3 Å². The summed E-state index contributed by atoms with van der Waals surface area (Å²) in [7, 11) is 1.52. The Kier molecular flexibility index (Phi) is 8.96. The Morgan fingerprint density at radius 2 is 1.89 bits per heavy atom. The summed E-state index contributed by atoms with van der Waals surface area (Å²) in [4.78, 5) is 35.7. The Morgan fingerprint density at radius 3 is 2.51 bits per heavy atom. The van der Waals surface area contributed by atoms with Crippen LogP contribution in [0.5, 0.6) is 17.2 Å². The van der Waals surface area contributed by atoms with Gasteiger partial charge in [-0.3, -0.25) is 14.9 Å². The Balaban J connectivity index is 1.87. The molecule has 0 aromatic heterocycles. The number of nitriles is 1. The van der Waals surface area contributed by atoms with Crippen LogP contribution in [0, 0.1) is 21.4 Å². The third-order valence-electron chi connectivity index (χ3n) is 4.84. The molecule has 0 fully saturated rings. The predicted molar refractivity (Wildman–Crippen MR) is 139 cm³/mol. The molecule has 0 saturated carbocycles. The van der Waals surface area contributed by atoms with Gasteiger partial charge in [-0.05, 0) is 77.0 Å². The molecule has 3 aromatic carbocycles. The van der Waals surface area contributed by atoms with Gasteiger partial charge in [-0.15, -0.1) is 0 Å². The molecule has 0 atom stereocenters. The molecule has 0 unspecified atom stereocenters. The number of halogens is 1. The number of carbonyl (C=O) groups excluding carboxylic acids is 2. The van der Waals surface area contributed by atoms with E-state index in [0.717, 1.165) is 0 Å². The van der Waals surface area contributed by atoms with E-state index in [1.165, 1.54) is 43.5 Å². The summed E-state index contributed by atoms with van der Waals surface area (Å²) < 4.78 is 16.6. The van der Waals surface area contributed by atoms with Crippen molar-refractivity contribution in [3.63, 3.8) is 0 Å². The van der Waals surface area contributed by atoms with Gasteiger partial charge in [0.05, 0.1) is 28.7 Å². The monoisotopic (exact) mass is 565 g/mol. The van der Waals surface area contributed by atoms with E-state index in [4.69, 9.17) is 14.2 Å². The Morgan fingerprint density at radius 1 is 1.16 bits per heavy atom. The molecular weight excluding hydrogens is 546 g/mol. The fourth-order valence-electron chi connectivity index (χ4n) is 3.12. The molecule has 0 heterocycles. The van der Waals surface area contributed by atoms with Gasteiger partial charge >= 0.3 is 5.97 Å². The van der Waals surface area contributed by atoms with Gasteiger partial charge in [0.1, 0.15) is 17.4 Å². The Labute approximate surface area is 220 Å². The van der Waals surface area contributed by atoms with Gasteiger partial charge in [-0.2, -0.15) is 5.26 Å². The first-order chi connectivity index (χ1) is 17.7. The minimum atomic E-state index is -0.757. The van der Waals surface area contributed by atoms with E-state index in [9.17, 15) is 25.0 Å². The highest BCUT2D eigenvalue weighted by atomic mass is 79.9. The lowest BCUT2D eigenvalue weighted by molar-refractivity contribution is -0.384. The number of carbonyl (C=O) groups is 2. The van der Waals surface area contributed by atoms with E-state index in [-0.39, 0.29) is 35.1 Å². The average Bonchev–Trinajstić information content (AvgIpc) is 2.89. The van der Waals surface area contributed by atoms with Crippen molar-refractivity contribution in [2.45, 2.75) is 6.92 Å². The highest BCUT2D eigenvalue weighted by Gasteiger charge is 2.19. The highest BCUT2D eigenvalue weighted by molar-refractivity contribution is 9.10. The first-order valence-electron chi connectivity index (χ1n) is 10.8. The van der Waals surface area contributed by atoms with Crippen molar-refractivity contribution in [1.29, 1.82) is 5.26 Å². The lowest BCUT2D eigenvalue weighted by Crippen LogP contribution is -2.13. The molecule has 3 rings (SSSR count). The van der Waals surface area contributed by atoms with Crippen molar-refractivity contribution < 1.29 is 28.7 Å². The maximum atomic E-state index is 12.7. The third kappa shape index (κ3) is 6.93. The fourth-order valence-corrected chi connectivity index (χ4v) is 3.66. The lowest BCUT2D eigenvalue weighted by Gasteiger charge is -2.14. The molecule has 0 aliphatic rings. The van der Waals surface area contributed by atoms with Crippen molar-refractivity contribution in [3.05, 3.63) is 92.0 Å². The second-order valence-corrected chi connectivity index (χ2v) is 8.17. The van der Waals surface area contributed by atoms with Gasteiger partial charge < -0.3 is 19.5 Å². The quantitative estimate of drug-likeness (QED) is 0.0891. The summed E-state index contributed by atoms with van der Waals surface area (Å²) in [6.07, 6.45) is 1.31. The first-order valence-corrected chi connectivity index (χ1v) is 11.5. The predicted octanol–water partition coefficient (Wildman–Crippen LogP) is 5.53. The number of non-ortho nitro benzene ring substituents is 1. The van der Waals surface area contributed by atoms with E-state index in [0.29, 0.717) is 21.3 Å². The number of ether oxygens (including phenoxy) is 3. The second-order valence-electron chi connectivity index (χ2n) is 7.31. The van der Waals surface area contributed by atoms with Crippen LogP contribution in [0.15, 0.2) is 70.7 Å². The largest absolute Gasteiger partial charge is 0.497 e. The molecular formula is C26H20BrN3O7. The summed E-state index contributed by atoms with van der Waals surface area (Å²) >= 11 is 3.36. The van der Waals surface area contributed by atoms with Crippen LogP contribution in [-0.2, 0) is 4.79 Å². The van der Waals surface area contributed by atoms with Crippen LogP contribution in [0.25, 0.3) is 6.08 Å². The van der Waals surface area contributed by atoms with Crippen LogP contribution in [-0.4, -0.2) is 30.5 Å². The number of hydrogen-bond acceptors (Lipinski definition) is 8. The molecule has 11 heteroatoms. The maximum absolute atomic E-state index is 12.7. The normalized spacial score (nSPS) is 10.7. The van der Waals surface area contributed by atoms with E-state index >= 15 is 0 Å². The number of amides is 1. The maximum Gasteiger partial charge on any atom is 0.343 e. The van der Waals surface area contributed by atoms with Crippen molar-refractivity contribution in [1.82, 2.24) is 0 Å². The molecule has 0 saturated heterocycles. The van der Waals surface area contributed by atoms with Crippen molar-refractivity contribution in [2.75, 3.05) is 19.0 Å². The molecule has 1 N–H and O–H groups in total. The van der Waals surface area contributed by atoms with E-state index in [1.54, 1.807) is 37.3 Å². The number of nitro benzene ring substituents is 1. The van der Waals surface area contributed by atoms with Crippen LogP contribution in [0.1, 0.15) is 22.8 Å². The van der Waals surface area contributed by atoms with Crippen LogP contribution < -0.4 is 19.5 Å². The first kappa shape index (κ1) is 26.9. The molecule has 188 valence electrons. The number of anilines is 1. The smallest absolute Gasteiger partial charge is 0.343 e. The van der Waals surface area contributed by atoms with Gasteiger partial charge in [0.15, 0.2) is 11.5 Å². The number of rotatable bonds is 9. The Hall–Kier alpha value is -4.69. The Bertz CT molecular complexity index is 1410. The molecule has 0 aliphatic heterocycles.